The van der Waals surface area contributed by atoms with Crippen LogP contribution in [0, 0.1) is 0 Å². The number of nitrogens with one attached hydrogen (secondary N) is 1. The molecule has 1 N–H and O–H groups in total. The lowest BCUT2D eigenvalue weighted by atomic mass is 10.3. The summed E-state index contributed by atoms with van der Waals surface area (Å²) in [4.78, 5) is 11.8. The molecule has 0 aliphatic carbocycles. The summed E-state index contributed by atoms with van der Waals surface area (Å²) >= 11 is 8.12. The van der Waals surface area contributed by atoms with Crippen LogP contribution < -0.4 is 10.1 Å². The molecule has 0 radical (unpaired) electrons. The number of ether oxygens (including phenoxy) is 1. The number of aromatic nitrogens is 2. The average Bonchev–Trinajstić information content (AvgIpc) is 2.85. The Morgan fingerprint density at radius 3 is 2.90 bits per heavy atom. The van der Waals surface area contributed by atoms with Crippen LogP contribution in [0.5, 0.6) is 5.75 Å². The van der Waals surface area contributed by atoms with E-state index >= 15 is 0 Å². The van der Waals surface area contributed by atoms with Gasteiger partial charge in [0.1, 0.15) is 10.8 Å². The largest absolute Gasteiger partial charge is 0.483 e. The Balaban J connectivity index is 1.86. The molecular weight excluding hydrogens is 422 g/mol. The number of hydrogen-bond donors (Lipinski definition) is 1. The molecule has 0 saturated carbocycles. The molecule has 21 heavy (non-hydrogen) atoms. The van der Waals surface area contributed by atoms with E-state index in [1.54, 1.807) is 6.07 Å². The summed E-state index contributed by atoms with van der Waals surface area (Å²) in [5.41, 5.74) is 0. The molecular formula is C13H13Br2N3O2S. The molecule has 0 unspecified atom stereocenters. The lowest BCUT2D eigenvalue weighted by Gasteiger charge is -2.07. The van der Waals surface area contributed by atoms with Gasteiger partial charge in [0.05, 0.1) is 4.47 Å². The van der Waals surface area contributed by atoms with Crippen LogP contribution in [-0.4, -0.2) is 22.7 Å². The highest BCUT2D eigenvalue weighted by molar-refractivity contribution is 9.11. The van der Waals surface area contributed by atoms with Crippen molar-refractivity contribution in [3.8, 4) is 5.75 Å². The third-order valence-electron chi connectivity index (χ3n) is 2.43. The van der Waals surface area contributed by atoms with Gasteiger partial charge in [-0.2, -0.15) is 0 Å². The molecule has 0 bridgehead atoms. The van der Waals surface area contributed by atoms with Crippen molar-refractivity contribution in [2.45, 2.75) is 19.8 Å². The first kappa shape index (κ1) is 16.4. The van der Waals surface area contributed by atoms with Gasteiger partial charge in [-0.3, -0.25) is 10.1 Å². The van der Waals surface area contributed by atoms with Crippen LogP contribution in [0.1, 0.15) is 18.4 Å². The average molecular weight is 435 g/mol. The fourth-order valence-electron chi connectivity index (χ4n) is 1.51. The highest BCUT2D eigenvalue weighted by Crippen LogP contribution is 2.28. The van der Waals surface area contributed by atoms with Gasteiger partial charge in [0.15, 0.2) is 6.61 Å². The van der Waals surface area contributed by atoms with Crippen LogP contribution in [0.15, 0.2) is 27.1 Å². The van der Waals surface area contributed by atoms with Crippen molar-refractivity contribution in [2.75, 3.05) is 11.9 Å². The topological polar surface area (TPSA) is 64.1 Å². The summed E-state index contributed by atoms with van der Waals surface area (Å²) in [6.07, 6.45) is 1.87. The lowest BCUT2D eigenvalue weighted by molar-refractivity contribution is -0.118. The fourth-order valence-corrected chi connectivity index (χ4v) is 3.53. The number of carbonyl (C=O) groups is 1. The van der Waals surface area contributed by atoms with E-state index < -0.39 is 0 Å². The number of aryl methyl sites for hydroxylation is 1. The molecule has 2 rings (SSSR count). The zero-order chi connectivity index (χ0) is 15.2. The Morgan fingerprint density at radius 1 is 1.38 bits per heavy atom. The summed E-state index contributed by atoms with van der Waals surface area (Å²) < 4.78 is 7.17. The third-order valence-corrected chi connectivity index (χ3v) is 4.44. The van der Waals surface area contributed by atoms with E-state index in [2.05, 4.69) is 54.3 Å². The number of carbonyl (C=O) groups excluding carboxylic acids is 1. The first-order valence-electron chi connectivity index (χ1n) is 6.28. The van der Waals surface area contributed by atoms with Gasteiger partial charge in [-0.1, -0.05) is 34.2 Å². The van der Waals surface area contributed by atoms with Crippen molar-refractivity contribution >= 4 is 54.2 Å². The Bertz CT molecular complexity index is 634. The van der Waals surface area contributed by atoms with Crippen LogP contribution in [0.3, 0.4) is 0 Å². The maximum Gasteiger partial charge on any atom is 0.264 e. The Morgan fingerprint density at radius 2 is 2.19 bits per heavy atom. The standard InChI is InChI=1S/C13H13Br2N3O2S/c1-2-3-12-17-18-13(21-12)16-11(19)7-20-10-5-4-8(14)6-9(10)15/h4-6H,2-3,7H2,1H3,(H,16,18,19). The van der Waals surface area contributed by atoms with Crippen molar-refractivity contribution in [3.05, 3.63) is 32.2 Å². The number of rotatable bonds is 6. The van der Waals surface area contributed by atoms with E-state index in [0.717, 1.165) is 26.8 Å². The minimum atomic E-state index is -0.260. The van der Waals surface area contributed by atoms with Crippen molar-refractivity contribution < 1.29 is 9.53 Å². The Kier molecular flexibility index (Phi) is 6.13. The molecule has 1 amide bonds. The molecule has 1 aromatic heterocycles. The number of anilines is 1. The first-order valence-corrected chi connectivity index (χ1v) is 8.69. The number of amides is 1. The van der Waals surface area contributed by atoms with E-state index in [9.17, 15) is 4.79 Å². The van der Waals surface area contributed by atoms with Crippen LogP contribution in [0.2, 0.25) is 0 Å². The summed E-state index contributed by atoms with van der Waals surface area (Å²) in [7, 11) is 0. The van der Waals surface area contributed by atoms with Crippen molar-refractivity contribution in [1.82, 2.24) is 10.2 Å². The third kappa shape index (κ3) is 5.05. The van der Waals surface area contributed by atoms with Crippen molar-refractivity contribution in [1.29, 1.82) is 0 Å². The predicted molar refractivity (Wildman–Crippen MR) is 89.9 cm³/mol. The van der Waals surface area contributed by atoms with E-state index in [1.165, 1.54) is 11.3 Å². The zero-order valence-corrected chi connectivity index (χ0v) is 15.2. The maximum absolute atomic E-state index is 11.8. The van der Waals surface area contributed by atoms with Gasteiger partial charge in [-0.05, 0) is 40.5 Å². The number of benzene rings is 1. The quantitative estimate of drug-likeness (QED) is 0.745. The summed E-state index contributed by atoms with van der Waals surface area (Å²) in [6, 6.07) is 5.49. The Labute approximate surface area is 143 Å². The molecule has 0 aliphatic rings. The van der Waals surface area contributed by atoms with Gasteiger partial charge in [0.2, 0.25) is 5.13 Å². The molecule has 5 nitrogen and oxygen atoms in total. The Hall–Kier alpha value is -0.990. The molecule has 1 heterocycles. The molecule has 0 aliphatic heterocycles. The van der Waals surface area contributed by atoms with Gasteiger partial charge < -0.3 is 4.74 Å². The monoisotopic (exact) mass is 433 g/mol. The number of hydrogen-bond acceptors (Lipinski definition) is 5. The molecule has 0 saturated heterocycles. The summed E-state index contributed by atoms with van der Waals surface area (Å²) in [5, 5.41) is 12.0. The molecule has 0 atom stereocenters. The highest BCUT2D eigenvalue weighted by Gasteiger charge is 2.09. The molecule has 8 heteroatoms. The lowest BCUT2D eigenvalue weighted by Crippen LogP contribution is -2.20. The predicted octanol–water partition coefficient (Wildman–Crippen LogP) is 4.03. The second-order valence-electron chi connectivity index (χ2n) is 4.16. The fraction of sp³-hybridized carbons (Fsp3) is 0.308. The second kappa shape index (κ2) is 7.86. The molecule has 112 valence electrons. The summed E-state index contributed by atoms with van der Waals surface area (Å²) in [6.45, 7) is 1.99. The van der Waals surface area contributed by atoms with Gasteiger partial charge in [-0.25, -0.2) is 0 Å². The minimum Gasteiger partial charge on any atom is -0.483 e. The number of halogens is 2. The maximum atomic E-state index is 11.8. The highest BCUT2D eigenvalue weighted by atomic mass is 79.9. The van der Waals surface area contributed by atoms with Gasteiger partial charge in [-0.15, -0.1) is 10.2 Å². The molecule has 2 aromatic rings. The first-order chi connectivity index (χ1) is 10.1. The van der Waals surface area contributed by atoms with Gasteiger partial charge in [0, 0.05) is 10.9 Å². The smallest absolute Gasteiger partial charge is 0.264 e. The van der Waals surface area contributed by atoms with E-state index in [-0.39, 0.29) is 12.5 Å². The van der Waals surface area contributed by atoms with Crippen LogP contribution in [0.4, 0.5) is 5.13 Å². The van der Waals surface area contributed by atoms with Crippen molar-refractivity contribution in [3.63, 3.8) is 0 Å². The summed E-state index contributed by atoms with van der Waals surface area (Å²) in [5.74, 6) is 0.348. The van der Waals surface area contributed by atoms with Crippen molar-refractivity contribution in [2.24, 2.45) is 0 Å². The van der Waals surface area contributed by atoms with E-state index in [1.807, 2.05) is 12.1 Å². The molecule has 0 fully saturated rings. The van der Waals surface area contributed by atoms with Crippen LogP contribution >= 0.6 is 43.2 Å². The second-order valence-corrected chi connectivity index (χ2v) is 6.99. The minimum absolute atomic E-state index is 0.0804. The normalized spacial score (nSPS) is 10.4. The van der Waals surface area contributed by atoms with E-state index in [4.69, 9.17) is 4.74 Å². The van der Waals surface area contributed by atoms with Gasteiger partial charge >= 0.3 is 0 Å². The number of nitrogens with zero attached hydrogens (tertiary/aromatic N) is 2. The van der Waals surface area contributed by atoms with Gasteiger partial charge in [0.25, 0.3) is 5.91 Å². The van der Waals surface area contributed by atoms with Crippen LogP contribution in [-0.2, 0) is 11.2 Å². The van der Waals surface area contributed by atoms with E-state index in [0.29, 0.717) is 10.9 Å². The molecule has 1 aromatic carbocycles. The SMILES string of the molecule is CCCc1nnc(NC(=O)COc2ccc(Br)cc2Br)s1. The zero-order valence-electron chi connectivity index (χ0n) is 11.2. The molecule has 0 spiro atoms. The van der Waals surface area contributed by atoms with Crippen LogP contribution in [0.25, 0.3) is 0 Å².